The molecule has 90 valence electrons. The number of carbonyl (C=O) groups is 1. The lowest BCUT2D eigenvalue weighted by Crippen LogP contribution is -2.56. The van der Waals surface area contributed by atoms with Gasteiger partial charge >= 0.3 is 0 Å². The van der Waals surface area contributed by atoms with Gasteiger partial charge in [-0.25, -0.2) is 0 Å². The van der Waals surface area contributed by atoms with Crippen LogP contribution in [0.15, 0.2) is 0 Å². The predicted molar refractivity (Wildman–Crippen MR) is 63.9 cm³/mol. The number of piperidine rings is 1. The molecule has 0 saturated carbocycles. The SMILES string of the molecule is C[C@H](N)C(=O)N1CCC(N)C(C)(C)C1.Cl. The highest BCUT2D eigenvalue weighted by Gasteiger charge is 2.35. The molecule has 1 amide bonds. The summed E-state index contributed by atoms with van der Waals surface area (Å²) >= 11 is 0. The molecule has 0 aromatic heterocycles. The molecule has 0 bridgehead atoms. The molecule has 15 heavy (non-hydrogen) atoms. The van der Waals surface area contributed by atoms with Gasteiger partial charge in [0.2, 0.25) is 5.91 Å². The van der Waals surface area contributed by atoms with E-state index in [1.807, 2.05) is 4.90 Å². The molecular weight excluding hydrogens is 214 g/mol. The smallest absolute Gasteiger partial charge is 0.239 e. The minimum Gasteiger partial charge on any atom is -0.341 e. The highest BCUT2D eigenvalue weighted by atomic mass is 35.5. The van der Waals surface area contributed by atoms with Gasteiger partial charge in [0.25, 0.3) is 0 Å². The van der Waals surface area contributed by atoms with Gasteiger partial charge in [0.1, 0.15) is 0 Å². The Labute approximate surface area is 97.8 Å². The fraction of sp³-hybridized carbons (Fsp3) is 0.900. The molecule has 0 aromatic rings. The van der Waals surface area contributed by atoms with Gasteiger partial charge in [-0.05, 0) is 18.8 Å². The van der Waals surface area contributed by atoms with Crippen LogP contribution in [0.3, 0.4) is 0 Å². The first-order valence-electron chi connectivity index (χ1n) is 5.14. The normalized spacial score (nSPS) is 26.7. The van der Waals surface area contributed by atoms with Gasteiger partial charge in [-0.3, -0.25) is 4.79 Å². The Morgan fingerprint density at radius 2 is 2.07 bits per heavy atom. The van der Waals surface area contributed by atoms with Gasteiger partial charge in [-0.1, -0.05) is 13.8 Å². The first-order chi connectivity index (χ1) is 6.34. The van der Waals surface area contributed by atoms with Gasteiger partial charge in [-0.15, -0.1) is 12.4 Å². The summed E-state index contributed by atoms with van der Waals surface area (Å²) in [5.74, 6) is 0.0324. The summed E-state index contributed by atoms with van der Waals surface area (Å²) in [7, 11) is 0. The van der Waals surface area contributed by atoms with Crippen LogP contribution in [0, 0.1) is 5.41 Å². The maximum Gasteiger partial charge on any atom is 0.239 e. The lowest BCUT2D eigenvalue weighted by Gasteiger charge is -2.43. The number of rotatable bonds is 1. The summed E-state index contributed by atoms with van der Waals surface area (Å²) in [6.45, 7) is 7.37. The zero-order valence-corrected chi connectivity index (χ0v) is 10.5. The Morgan fingerprint density at radius 3 is 2.47 bits per heavy atom. The molecule has 1 rings (SSSR count). The number of hydrogen-bond donors (Lipinski definition) is 2. The first kappa shape index (κ1) is 14.7. The van der Waals surface area contributed by atoms with Crippen molar-refractivity contribution in [3.05, 3.63) is 0 Å². The fourth-order valence-corrected chi connectivity index (χ4v) is 1.85. The van der Waals surface area contributed by atoms with Crippen LogP contribution < -0.4 is 11.5 Å². The highest BCUT2D eigenvalue weighted by molar-refractivity contribution is 5.85. The van der Waals surface area contributed by atoms with E-state index in [0.717, 1.165) is 13.0 Å². The van der Waals surface area contributed by atoms with E-state index < -0.39 is 6.04 Å². The number of nitrogens with zero attached hydrogens (tertiary/aromatic N) is 1. The Bertz CT molecular complexity index is 231. The van der Waals surface area contributed by atoms with Gasteiger partial charge < -0.3 is 16.4 Å². The van der Waals surface area contributed by atoms with Crippen LogP contribution in [0.5, 0.6) is 0 Å². The summed E-state index contributed by atoms with van der Waals surface area (Å²) in [5, 5.41) is 0. The summed E-state index contributed by atoms with van der Waals surface area (Å²) in [6, 6.07) is -0.222. The second-order valence-electron chi connectivity index (χ2n) is 4.93. The van der Waals surface area contributed by atoms with E-state index >= 15 is 0 Å². The molecule has 4 nitrogen and oxygen atoms in total. The Kier molecular flexibility index (Phi) is 5.03. The molecule has 1 fully saturated rings. The lowest BCUT2D eigenvalue weighted by atomic mass is 9.79. The molecular formula is C10H22ClN3O. The molecule has 0 aliphatic carbocycles. The Hall–Kier alpha value is -0.320. The monoisotopic (exact) mass is 235 g/mol. The maximum atomic E-state index is 11.7. The van der Waals surface area contributed by atoms with Crippen molar-refractivity contribution < 1.29 is 4.79 Å². The van der Waals surface area contributed by atoms with Crippen molar-refractivity contribution in [1.82, 2.24) is 4.90 Å². The third-order valence-electron chi connectivity index (χ3n) is 3.01. The van der Waals surface area contributed by atoms with Gasteiger partial charge in [0.15, 0.2) is 0 Å². The Morgan fingerprint density at radius 1 is 1.53 bits per heavy atom. The average molecular weight is 236 g/mol. The van der Waals surface area contributed by atoms with E-state index in [-0.39, 0.29) is 29.8 Å². The van der Waals surface area contributed by atoms with Crippen molar-refractivity contribution in [3.63, 3.8) is 0 Å². The third-order valence-corrected chi connectivity index (χ3v) is 3.01. The Balaban J connectivity index is 0.00000196. The van der Waals surface area contributed by atoms with Crippen LogP contribution in [-0.4, -0.2) is 36.0 Å². The van der Waals surface area contributed by atoms with Crippen LogP contribution in [0.25, 0.3) is 0 Å². The summed E-state index contributed by atoms with van der Waals surface area (Å²) in [4.78, 5) is 13.5. The van der Waals surface area contributed by atoms with Gasteiger partial charge in [-0.2, -0.15) is 0 Å². The van der Waals surface area contributed by atoms with Crippen LogP contribution >= 0.6 is 12.4 Å². The quantitative estimate of drug-likeness (QED) is 0.689. The molecule has 0 spiro atoms. The number of carbonyl (C=O) groups excluding carboxylic acids is 1. The minimum atomic E-state index is -0.403. The van der Waals surface area contributed by atoms with E-state index in [1.54, 1.807) is 6.92 Å². The molecule has 1 unspecified atom stereocenters. The summed E-state index contributed by atoms with van der Waals surface area (Å²) in [5.41, 5.74) is 11.6. The van der Waals surface area contributed by atoms with Crippen LogP contribution in [0.4, 0.5) is 0 Å². The van der Waals surface area contributed by atoms with Crippen LogP contribution in [0.2, 0.25) is 0 Å². The molecule has 2 atom stereocenters. The predicted octanol–water partition coefficient (Wildman–Crippen LogP) is 0.341. The van der Waals surface area contributed by atoms with E-state index in [0.29, 0.717) is 6.54 Å². The second-order valence-corrected chi connectivity index (χ2v) is 4.93. The van der Waals surface area contributed by atoms with E-state index in [9.17, 15) is 4.79 Å². The molecule has 4 N–H and O–H groups in total. The highest BCUT2D eigenvalue weighted by Crippen LogP contribution is 2.27. The molecule has 1 aliphatic rings. The molecule has 1 aliphatic heterocycles. The van der Waals surface area contributed by atoms with Crippen molar-refractivity contribution in [2.75, 3.05) is 13.1 Å². The third kappa shape index (κ3) is 3.33. The van der Waals surface area contributed by atoms with Crippen molar-refractivity contribution in [3.8, 4) is 0 Å². The zero-order valence-electron chi connectivity index (χ0n) is 9.69. The van der Waals surface area contributed by atoms with Gasteiger partial charge in [0.05, 0.1) is 6.04 Å². The maximum absolute atomic E-state index is 11.7. The first-order valence-corrected chi connectivity index (χ1v) is 5.14. The number of nitrogens with two attached hydrogens (primary N) is 2. The van der Waals surface area contributed by atoms with Crippen LogP contribution in [-0.2, 0) is 4.79 Å². The molecule has 0 aromatic carbocycles. The van der Waals surface area contributed by atoms with Crippen molar-refractivity contribution in [2.45, 2.75) is 39.3 Å². The topological polar surface area (TPSA) is 72.4 Å². The standard InChI is InChI=1S/C10H21N3O.ClH/c1-7(11)9(14)13-5-4-8(12)10(2,3)6-13;/h7-8H,4-6,11-12H2,1-3H3;1H/t7-,8?;/m0./s1. The van der Waals surface area contributed by atoms with Crippen LogP contribution in [0.1, 0.15) is 27.2 Å². The van der Waals surface area contributed by atoms with Crippen molar-refractivity contribution >= 4 is 18.3 Å². The van der Waals surface area contributed by atoms with Crippen molar-refractivity contribution in [1.29, 1.82) is 0 Å². The summed E-state index contributed by atoms with van der Waals surface area (Å²) < 4.78 is 0. The van der Waals surface area contributed by atoms with E-state index in [2.05, 4.69) is 13.8 Å². The van der Waals surface area contributed by atoms with E-state index in [1.165, 1.54) is 0 Å². The van der Waals surface area contributed by atoms with Gasteiger partial charge in [0, 0.05) is 19.1 Å². The number of hydrogen-bond acceptors (Lipinski definition) is 3. The number of amides is 1. The second kappa shape index (κ2) is 5.14. The zero-order chi connectivity index (χ0) is 10.9. The largest absolute Gasteiger partial charge is 0.341 e. The number of likely N-dealkylation sites (tertiary alicyclic amines) is 1. The number of halogens is 1. The average Bonchev–Trinajstić information content (AvgIpc) is 2.08. The summed E-state index contributed by atoms with van der Waals surface area (Å²) in [6.07, 6.45) is 0.867. The molecule has 0 radical (unpaired) electrons. The minimum absolute atomic E-state index is 0. The van der Waals surface area contributed by atoms with Crippen molar-refractivity contribution in [2.24, 2.45) is 16.9 Å². The van der Waals surface area contributed by atoms with E-state index in [4.69, 9.17) is 11.5 Å². The fourth-order valence-electron chi connectivity index (χ4n) is 1.85. The molecule has 1 saturated heterocycles. The molecule has 5 heteroatoms. The molecule has 1 heterocycles. The lowest BCUT2D eigenvalue weighted by molar-refractivity contribution is -0.135.